The first kappa shape index (κ1) is 19.8. The average Bonchev–Trinajstić information content (AvgIpc) is 3.11. The summed E-state index contributed by atoms with van der Waals surface area (Å²) in [5, 5.41) is 11.7. The van der Waals surface area contributed by atoms with Gasteiger partial charge in [-0.2, -0.15) is 0 Å². The van der Waals surface area contributed by atoms with Crippen molar-refractivity contribution in [3.05, 3.63) is 59.9 Å². The number of furan rings is 1. The van der Waals surface area contributed by atoms with Gasteiger partial charge in [0.05, 0.1) is 6.54 Å². The zero-order chi connectivity index (χ0) is 19.9. The number of amides is 2. The molecule has 1 aromatic heterocycles. The average molecular weight is 400 g/mol. The molecule has 0 aliphatic heterocycles. The Labute approximate surface area is 166 Å². The molecule has 3 N–H and O–H groups in total. The third-order valence-corrected chi connectivity index (χ3v) is 4.82. The smallest absolute Gasteiger partial charge is 0.307 e. The van der Waals surface area contributed by atoms with E-state index in [2.05, 4.69) is 5.32 Å². The van der Waals surface area contributed by atoms with Crippen molar-refractivity contribution in [1.29, 1.82) is 0 Å². The summed E-state index contributed by atoms with van der Waals surface area (Å²) in [5.41, 5.74) is 3.16. The van der Waals surface area contributed by atoms with Crippen molar-refractivity contribution in [1.82, 2.24) is 10.8 Å². The van der Waals surface area contributed by atoms with E-state index >= 15 is 0 Å². The molecule has 0 radical (unpaired) electrons. The molecule has 8 heteroatoms. The molecule has 0 saturated carbocycles. The lowest BCUT2D eigenvalue weighted by Crippen LogP contribution is -2.28. The van der Waals surface area contributed by atoms with E-state index in [9.17, 15) is 9.59 Å². The van der Waals surface area contributed by atoms with E-state index in [1.807, 2.05) is 31.2 Å². The van der Waals surface area contributed by atoms with Gasteiger partial charge in [-0.3, -0.25) is 14.8 Å². The second-order valence-corrected chi connectivity index (χ2v) is 6.88. The Morgan fingerprint density at radius 2 is 1.89 bits per heavy atom. The van der Waals surface area contributed by atoms with E-state index in [1.54, 1.807) is 29.7 Å². The first-order chi connectivity index (χ1) is 13.6. The second kappa shape index (κ2) is 9.29. The number of carbonyl (C=O) groups is 2. The fraction of sp³-hybridized carbons (Fsp3) is 0.200. The molecule has 3 rings (SSSR count). The molecule has 28 heavy (non-hydrogen) atoms. The molecule has 2 amide bonds. The van der Waals surface area contributed by atoms with Crippen LogP contribution in [0.1, 0.15) is 23.0 Å². The maximum atomic E-state index is 12.5. The van der Waals surface area contributed by atoms with Gasteiger partial charge in [-0.25, -0.2) is 5.48 Å². The number of nitrogens with one attached hydrogen (secondary N) is 2. The Balaban J connectivity index is 1.51. The monoisotopic (exact) mass is 400 g/mol. The summed E-state index contributed by atoms with van der Waals surface area (Å²) in [6, 6.07) is 14.4. The minimum absolute atomic E-state index is 0.265. The van der Waals surface area contributed by atoms with Crippen LogP contribution in [0.3, 0.4) is 0 Å². The van der Waals surface area contributed by atoms with Crippen LogP contribution in [0.5, 0.6) is 5.75 Å². The van der Waals surface area contributed by atoms with Crippen molar-refractivity contribution in [3.8, 4) is 5.75 Å². The zero-order valence-electron chi connectivity index (χ0n) is 15.2. The molecule has 0 fully saturated rings. The number of aryl methyl sites for hydroxylation is 1. The van der Waals surface area contributed by atoms with E-state index in [-0.39, 0.29) is 12.5 Å². The minimum atomic E-state index is -0.562. The largest absolute Gasteiger partial charge is 0.492 e. The van der Waals surface area contributed by atoms with Crippen molar-refractivity contribution in [2.24, 2.45) is 0 Å². The predicted molar refractivity (Wildman–Crippen MR) is 106 cm³/mol. The molecule has 2 aromatic carbocycles. The maximum absolute atomic E-state index is 12.5. The van der Waals surface area contributed by atoms with Gasteiger partial charge in [-0.1, -0.05) is 25.1 Å². The van der Waals surface area contributed by atoms with E-state index < -0.39 is 5.24 Å². The van der Waals surface area contributed by atoms with Crippen molar-refractivity contribution >= 4 is 33.9 Å². The molecular weight excluding hydrogens is 380 g/mol. The van der Waals surface area contributed by atoms with E-state index in [4.69, 9.17) is 14.4 Å². The Hall–Kier alpha value is -2.97. The van der Waals surface area contributed by atoms with Crippen LogP contribution in [0.4, 0.5) is 4.79 Å². The number of ether oxygens (including phenoxy) is 1. The minimum Gasteiger partial charge on any atom is -0.492 e. The number of rotatable bonds is 7. The van der Waals surface area contributed by atoms with Gasteiger partial charge in [-0.15, -0.1) is 0 Å². The zero-order valence-corrected chi connectivity index (χ0v) is 16.0. The lowest BCUT2D eigenvalue weighted by atomic mass is 10.1. The Bertz CT molecular complexity index is 968. The van der Waals surface area contributed by atoms with Gasteiger partial charge < -0.3 is 14.5 Å². The van der Waals surface area contributed by atoms with E-state index in [1.165, 1.54) is 0 Å². The number of carbonyl (C=O) groups excluding carboxylic acids is 2. The summed E-state index contributed by atoms with van der Waals surface area (Å²) >= 11 is 0.864. The topological polar surface area (TPSA) is 101 Å². The van der Waals surface area contributed by atoms with Crippen LogP contribution < -0.4 is 15.5 Å². The number of para-hydroxylation sites is 1. The first-order valence-corrected chi connectivity index (χ1v) is 9.57. The lowest BCUT2D eigenvalue weighted by Gasteiger charge is -2.08. The van der Waals surface area contributed by atoms with Crippen LogP contribution in [0, 0.1) is 0 Å². The lowest BCUT2D eigenvalue weighted by molar-refractivity contribution is 0.0920. The summed E-state index contributed by atoms with van der Waals surface area (Å²) in [4.78, 5) is 24.2. The van der Waals surface area contributed by atoms with Gasteiger partial charge in [0, 0.05) is 15.8 Å². The highest BCUT2D eigenvalue weighted by atomic mass is 32.2. The van der Waals surface area contributed by atoms with Crippen LogP contribution >= 0.6 is 11.8 Å². The highest BCUT2D eigenvalue weighted by Gasteiger charge is 2.18. The van der Waals surface area contributed by atoms with Gasteiger partial charge in [0.25, 0.3) is 5.91 Å². The standard InChI is InChI=1S/C20H20N2O5S/c1-2-15-16-5-3-4-6-17(16)27-18(15)19(23)21-11-12-26-13-7-9-14(10-8-13)28-20(24)22-25/h3-10,25H,2,11-12H2,1H3,(H,21,23)(H,22,24). The number of thioether (sulfide) groups is 1. The maximum Gasteiger partial charge on any atom is 0.307 e. The summed E-state index contributed by atoms with van der Waals surface area (Å²) in [6.07, 6.45) is 0.703. The molecule has 0 bridgehead atoms. The molecule has 7 nitrogen and oxygen atoms in total. The fourth-order valence-electron chi connectivity index (χ4n) is 2.78. The molecule has 0 unspecified atom stereocenters. The van der Waals surface area contributed by atoms with Crippen molar-refractivity contribution < 1.29 is 24.0 Å². The number of hydroxylamine groups is 1. The number of fused-ring (bicyclic) bond motifs is 1. The summed E-state index contributed by atoms with van der Waals surface area (Å²) in [7, 11) is 0. The van der Waals surface area contributed by atoms with Gasteiger partial charge in [0.2, 0.25) is 0 Å². The molecule has 1 heterocycles. The van der Waals surface area contributed by atoms with E-state index in [0.29, 0.717) is 35.0 Å². The quantitative estimate of drug-likeness (QED) is 0.240. The number of benzene rings is 2. The second-order valence-electron chi connectivity index (χ2n) is 5.84. The normalized spacial score (nSPS) is 10.6. The molecule has 146 valence electrons. The highest BCUT2D eigenvalue weighted by Crippen LogP contribution is 2.26. The Morgan fingerprint density at radius 1 is 1.14 bits per heavy atom. The summed E-state index contributed by atoms with van der Waals surface area (Å²) in [5.74, 6) is 0.687. The van der Waals surface area contributed by atoms with Crippen LogP contribution in [0.25, 0.3) is 11.0 Å². The SMILES string of the molecule is CCc1c(C(=O)NCCOc2ccc(SC(=O)NO)cc2)oc2ccccc12. The third-order valence-electron chi connectivity index (χ3n) is 4.04. The van der Waals surface area contributed by atoms with Gasteiger partial charge >= 0.3 is 5.24 Å². The van der Waals surface area contributed by atoms with Crippen molar-refractivity contribution in [2.75, 3.05) is 13.2 Å². The molecule has 0 atom stereocenters. The molecule has 0 aliphatic carbocycles. The molecule has 0 aliphatic rings. The van der Waals surface area contributed by atoms with Crippen molar-refractivity contribution in [3.63, 3.8) is 0 Å². The van der Waals surface area contributed by atoms with Crippen LogP contribution in [-0.2, 0) is 6.42 Å². The van der Waals surface area contributed by atoms with Gasteiger partial charge in [0.1, 0.15) is 17.9 Å². The van der Waals surface area contributed by atoms with Gasteiger partial charge in [-0.05, 0) is 48.5 Å². The Morgan fingerprint density at radius 3 is 2.61 bits per heavy atom. The first-order valence-electron chi connectivity index (χ1n) is 8.75. The molecule has 0 saturated heterocycles. The van der Waals surface area contributed by atoms with Crippen LogP contribution in [0.15, 0.2) is 57.8 Å². The van der Waals surface area contributed by atoms with Crippen LogP contribution in [-0.4, -0.2) is 29.5 Å². The van der Waals surface area contributed by atoms with E-state index in [0.717, 1.165) is 22.7 Å². The molecule has 3 aromatic rings. The number of hydrogen-bond acceptors (Lipinski definition) is 6. The molecule has 0 spiro atoms. The molecular formula is C20H20N2O5S. The number of hydrogen-bond donors (Lipinski definition) is 3. The van der Waals surface area contributed by atoms with Gasteiger partial charge in [0.15, 0.2) is 5.76 Å². The summed E-state index contributed by atoms with van der Waals surface area (Å²) < 4.78 is 11.3. The van der Waals surface area contributed by atoms with Crippen molar-refractivity contribution in [2.45, 2.75) is 18.2 Å². The third kappa shape index (κ3) is 4.65. The highest BCUT2D eigenvalue weighted by molar-refractivity contribution is 8.13. The summed E-state index contributed by atoms with van der Waals surface area (Å²) in [6.45, 7) is 2.60. The Kier molecular flexibility index (Phi) is 6.57. The van der Waals surface area contributed by atoms with Crippen LogP contribution in [0.2, 0.25) is 0 Å². The predicted octanol–water partition coefficient (Wildman–Crippen LogP) is 3.99. The fourth-order valence-corrected chi connectivity index (χ4v) is 3.31.